The molecule has 2 heterocycles. The summed E-state index contributed by atoms with van der Waals surface area (Å²) in [7, 11) is -1.26. The van der Waals surface area contributed by atoms with E-state index in [-0.39, 0.29) is 10.5 Å². The predicted octanol–water partition coefficient (Wildman–Crippen LogP) is 2.44. The van der Waals surface area contributed by atoms with E-state index in [2.05, 4.69) is 0 Å². The molecule has 1 fully saturated rings. The Labute approximate surface area is 125 Å². The molecule has 21 heavy (non-hydrogen) atoms. The highest BCUT2D eigenvalue weighted by Crippen LogP contribution is 2.40. The van der Waals surface area contributed by atoms with Crippen molar-refractivity contribution < 1.29 is 17.9 Å². The maximum Gasteiger partial charge on any atom is 0.159 e. The van der Waals surface area contributed by atoms with Crippen LogP contribution in [0.3, 0.4) is 0 Å². The number of ether oxygens (including phenoxy) is 2. The van der Waals surface area contributed by atoms with Crippen LogP contribution in [0.2, 0.25) is 0 Å². The maximum absolute atomic E-state index is 12.1. The largest absolute Gasteiger partial charge is 0.491 e. The first kappa shape index (κ1) is 14.6. The van der Waals surface area contributed by atoms with Gasteiger partial charge in [0.15, 0.2) is 9.84 Å². The maximum atomic E-state index is 12.1. The fourth-order valence-electron chi connectivity index (χ4n) is 3.08. The van der Waals surface area contributed by atoms with Gasteiger partial charge < -0.3 is 9.47 Å². The van der Waals surface area contributed by atoms with Crippen molar-refractivity contribution in [3.63, 3.8) is 0 Å². The number of benzene rings is 1. The van der Waals surface area contributed by atoms with E-state index in [1.807, 2.05) is 30.3 Å². The lowest BCUT2D eigenvalue weighted by Gasteiger charge is -2.20. The molecule has 2 aliphatic heterocycles. The molecule has 0 N–H and O–H groups in total. The summed E-state index contributed by atoms with van der Waals surface area (Å²) in [6.07, 6.45) is 4.16. The fourth-order valence-corrected chi connectivity index (χ4v) is 5.27. The average Bonchev–Trinajstić information content (AvgIpc) is 2.68. The Balaban J connectivity index is 1.74. The van der Waals surface area contributed by atoms with E-state index in [9.17, 15) is 8.42 Å². The van der Waals surface area contributed by atoms with Crippen LogP contribution < -0.4 is 4.74 Å². The van der Waals surface area contributed by atoms with Crippen LogP contribution in [-0.4, -0.2) is 39.2 Å². The molecular formula is C16H20O4S. The molecule has 1 aromatic carbocycles. The van der Waals surface area contributed by atoms with Crippen molar-refractivity contribution in [2.24, 2.45) is 0 Å². The Bertz CT molecular complexity index is 631. The fraction of sp³-hybridized carbons (Fsp3) is 0.500. The molecule has 1 aromatic rings. The van der Waals surface area contributed by atoms with Crippen LogP contribution >= 0.6 is 0 Å². The summed E-state index contributed by atoms with van der Waals surface area (Å²) in [5, 5.41) is -0.455. The summed E-state index contributed by atoms with van der Waals surface area (Å²) in [6, 6.07) is 7.87. The molecule has 1 saturated heterocycles. The van der Waals surface area contributed by atoms with Crippen LogP contribution in [0, 0.1) is 0 Å². The van der Waals surface area contributed by atoms with Gasteiger partial charge in [-0.1, -0.05) is 18.2 Å². The van der Waals surface area contributed by atoms with Gasteiger partial charge in [-0.25, -0.2) is 8.42 Å². The Morgan fingerprint density at radius 2 is 1.90 bits per heavy atom. The molecule has 0 spiro atoms. The van der Waals surface area contributed by atoms with Crippen LogP contribution in [0.15, 0.2) is 30.3 Å². The third-order valence-electron chi connectivity index (χ3n) is 4.28. The summed E-state index contributed by atoms with van der Waals surface area (Å²) < 4.78 is 34.6. The molecule has 2 bridgehead atoms. The van der Waals surface area contributed by atoms with Crippen molar-refractivity contribution in [3.8, 4) is 5.75 Å². The zero-order valence-electron chi connectivity index (χ0n) is 12.1. The van der Waals surface area contributed by atoms with Gasteiger partial charge in [0.1, 0.15) is 12.4 Å². The lowest BCUT2D eigenvalue weighted by Crippen LogP contribution is -2.26. The van der Waals surface area contributed by atoms with Gasteiger partial charge in [-0.3, -0.25) is 0 Å². The van der Waals surface area contributed by atoms with Gasteiger partial charge >= 0.3 is 0 Å². The molecule has 4 nitrogen and oxygen atoms in total. The highest BCUT2D eigenvalue weighted by molar-refractivity contribution is 7.93. The molecule has 0 aliphatic carbocycles. The normalized spacial score (nSPS) is 26.4. The molecule has 0 radical (unpaired) electrons. The highest BCUT2D eigenvalue weighted by Gasteiger charge is 2.43. The Kier molecular flexibility index (Phi) is 4.04. The standard InChI is InChI=1S/C16H20O4S/c1-19-8-9-20-14-4-2-12(3-5-14)13-10-15-6-7-16(11-13)21(15,17)18/h2-5,10,15-16H,6-9,11H2,1H3. The minimum atomic E-state index is -2.91. The molecule has 0 saturated carbocycles. The Morgan fingerprint density at radius 1 is 1.14 bits per heavy atom. The molecule has 114 valence electrons. The van der Waals surface area contributed by atoms with Crippen molar-refractivity contribution >= 4 is 15.4 Å². The highest BCUT2D eigenvalue weighted by atomic mass is 32.2. The van der Waals surface area contributed by atoms with E-state index >= 15 is 0 Å². The van der Waals surface area contributed by atoms with Crippen LogP contribution in [0.5, 0.6) is 5.75 Å². The third-order valence-corrected chi connectivity index (χ3v) is 6.82. The van der Waals surface area contributed by atoms with Crippen molar-refractivity contribution in [3.05, 3.63) is 35.9 Å². The van der Waals surface area contributed by atoms with Crippen LogP contribution in [0.1, 0.15) is 24.8 Å². The van der Waals surface area contributed by atoms with Gasteiger partial charge in [-0.05, 0) is 42.5 Å². The molecule has 5 heteroatoms. The van der Waals surface area contributed by atoms with E-state index in [0.29, 0.717) is 19.6 Å². The molecule has 2 unspecified atom stereocenters. The molecule has 2 atom stereocenters. The first-order chi connectivity index (χ1) is 10.1. The zero-order chi connectivity index (χ0) is 14.9. The lowest BCUT2D eigenvalue weighted by atomic mass is 10.0. The van der Waals surface area contributed by atoms with E-state index in [4.69, 9.17) is 9.47 Å². The van der Waals surface area contributed by atoms with Crippen LogP contribution in [0.25, 0.3) is 5.57 Å². The summed E-state index contributed by atoms with van der Waals surface area (Å²) in [6.45, 7) is 1.09. The molecular weight excluding hydrogens is 288 g/mol. The first-order valence-electron chi connectivity index (χ1n) is 7.27. The average molecular weight is 308 g/mol. The smallest absolute Gasteiger partial charge is 0.159 e. The van der Waals surface area contributed by atoms with E-state index < -0.39 is 9.84 Å². The second-order valence-electron chi connectivity index (χ2n) is 5.59. The molecule has 2 aliphatic rings. The minimum absolute atomic E-state index is 0.180. The van der Waals surface area contributed by atoms with Gasteiger partial charge in [-0.2, -0.15) is 0 Å². The van der Waals surface area contributed by atoms with Gasteiger partial charge in [-0.15, -0.1) is 0 Å². The second kappa shape index (κ2) is 5.81. The van der Waals surface area contributed by atoms with Crippen molar-refractivity contribution in [2.75, 3.05) is 20.3 Å². The Hall–Kier alpha value is -1.33. The lowest BCUT2D eigenvalue weighted by molar-refractivity contribution is 0.146. The predicted molar refractivity (Wildman–Crippen MR) is 82.1 cm³/mol. The topological polar surface area (TPSA) is 52.6 Å². The number of hydrogen-bond acceptors (Lipinski definition) is 4. The molecule has 3 rings (SSSR count). The van der Waals surface area contributed by atoms with Crippen molar-refractivity contribution in [1.29, 1.82) is 0 Å². The minimum Gasteiger partial charge on any atom is -0.491 e. The van der Waals surface area contributed by atoms with Gasteiger partial charge in [0.05, 0.1) is 17.1 Å². The quantitative estimate of drug-likeness (QED) is 0.784. The monoisotopic (exact) mass is 308 g/mol. The van der Waals surface area contributed by atoms with Crippen molar-refractivity contribution in [1.82, 2.24) is 0 Å². The number of allylic oxidation sites excluding steroid dienone is 1. The summed E-state index contributed by atoms with van der Waals surface area (Å²) in [5.41, 5.74) is 2.25. The summed E-state index contributed by atoms with van der Waals surface area (Å²) in [5.74, 6) is 0.808. The second-order valence-corrected chi connectivity index (χ2v) is 8.04. The number of sulfone groups is 1. The van der Waals surface area contributed by atoms with Gasteiger partial charge in [0.25, 0.3) is 0 Å². The van der Waals surface area contributed by atoms with Gasteiger partial charge in [0, 0.05) is 7.11 Å². The molecule has 0 aromatic heterocycles. The van der Waals surface area contributed by atoms with E-state index in [1.54, 1.807) is 7.11 Å². The zero-order valence-corrected chi connectivity index (χ0v) is 12.9. The Morgan fingerprint density at radius 3 is 2.57 bits per heavy atom. The van der Waals surface area contributed by atoms with E-state index in [1.165, 1.54) is 0 Å². The van der Waals surface area contributed by atoms with Crippen LogP contribution in [0.4, 0.5) is 0 Å². The first-order valence-corrected chi connectivity index (χ1v) is 8.88. The van der Waals surface area contributed by atoms with Crippen molar-refractivity contribution in [2.45, 2.75) is 29.8 Å². The van der Waals surface area contributed by atoms with E-state index in [0.717, 1.165) is 29.7 Å². The molecule has 0 amide bonds. The number of rotatable bonds is 5. The SMILES string of the molecule is COCCOc1ccc(C2=CC3CCC(C2)S3(=O)=O)cc1. The van der Waals surface area contributed by atoms with Gasteiger partial charge in [0.2, 0.25) is 0 Å². The number of methoxy groups -OCH3 is 1. The number of hydrogen-bond donors (Lipinski definition) is 0. The third kappa shape index (κ3) is 2.85. The summed E-state index contributed by atoms with van der Waals surface area (Å²) >= 11 is 0. The van der Waals surface area contributed by atoms with Crippen LogP contribution in [-0.2, 0) is 14.6 Å². The number of fused-ring (bicyclic) bond motifs is 2. The summed E-state index contributed by atoms with van der Waals surface area (Å²) in [4.78, 5) is 0.